The van der Waals surface area contributed by atoms with Gasteiger partial charge in [0.2, 0.25) is 0 Å². The molecule has 8 aromatic rings. The van der Waals surface area contributed by atoms with E-state index in [9.17, 15) is 5.26 Å². The van der Waals surface area contributed by atoms with E-state index in [1.54, 1.807) is 11.3 Å². The maximum atomic E-state index is 9.84. The van der Waals surface area contributed by atoms with E-state index in [1.165, 1.54) is 72.8 Å². The van der Waals surface area contributed by atoms with E-state index in [2.05, 4.69) is 72.8 Å². The van der Waals surface area contributed by atoms with Gasteiger partial charge in [-0.25, -0.2) is 15.0 Å². The minimum Gasteiger partial charge on any atom is -0.208 e. The van der Waals surface area contributed by atoms with Crippen LogP contribution in [-0.4, -0.2) is 15.0 Å². The van der Waals surface area contributed by atoms with Crippen LogP contribution in [0.4, 0.5) is 0 Å². The fraction of sp³-hybridized carbons (Fsp3) is 0.130. The highest BCUT2D eigenvalue weighted by Crippen LogP contribution is 2.58. The lowest BCUT2D eigenvalue weighted by Gasteiger charge is -2.36. The number of hydrogen-bond donors (Lipinski definition) is 0. The van der Waals surface area contributed by atoms with Crippen molar-refractivity contribution in [3.8, 4) is 62.5 Å². The van der Waals surface area contributed by atoms with Crippen molar-refractivity contribution in [2.24, 2.45) is 0 Å². The van der Waals surface area contributed by atoms with Crippen LogP contribution < -0.4 is 0 Å². The Morgan fingerprint density at radius 1 is 0.529 bits per heavy atom. The Morgan fingerprint density at radius 3 is 1.94 bits per heavy atom. The Balaban J connectivity index is 1.14. The lowest BCUT2D eigenvalue weighted by molar-refractivity contribution is 0.353. The van der Waals surface area contributed by atoms with Crippen molar-refractivity contribution < 1.29 is 0 Å². The molecule has 1 fully saturated rings. The zero-order valence-corrected chi connectivity index (χ0v) is 28.8. The molecule has 2 aromatic heterocycles. The standard InChI is InChI=1S/C46H32N4S/c47-28-29-20-22-35-39(26-29)46(24-8-3-9-25-46)38-19-11-16-33(41(35)38)32-21-23-40-37(27-32)34-17-10-18-36(42(34)51-40)45-49-43(30-12-4-1-5-13-30)48-44(50-45)31-14-6-2-7-15-31/h1-2,4-7,10-23,26-27H,3,8-9,24-25H2. The second-order valence-corrected chi connectivity index (χ2v) is 14.8. The number of aromatic nitrogens is 3. The van der Waals surface area contributed by atoms with Crippen molar-refractivity contribution in [3.63, 3.8) is 0 Å². The Hall–Kier alpha value is -5.96. The molecule has 0 unspecified atom stereocenters. The minimum absolute atomic E-state index is 0.0123. The zero-order chi connectivity index (χ0) is 33.9. The fourth-order valence-corrected chi connectivity index (χ4v) is 9.81. The van der Waals surface area contributed by atoms with Gasteiger partial charge in [-0.1, -0.05) is 122 Å². The van der Waals surface area contributed by atoms with Crippen LogP contribution in [0, 0.1) is 11.3 Å². The summed E-state index contributed by atoms with van der Waals surface area (Å²) in [4.78, 5) is 15.0. The molecule has 10 rings (SSSR count). The average Bonchev–Trinajstić information content (AvgIpc) is 3.71. The van der Waals surface area contributed by atoms with E-state index in [0.717, 1.165) is 35.1 Å². The summed E-state index contributed by atoms with van der Waals surface area (Å²) in [7, 11) is 0. The van der Waals surface area contributed by atoms with Gasteiger partial charge in [0.05, 0.1) is 11.6 Å². The Kier molecular flexibility index (Phi) is 6.94. The molecule has 51 heavy (non-hydrogen) atoms. The summed E-state index contributed by atoms with van der Waals surface area (Å²) in [6.07, 6.45) is 5.99. The van der Waals surface area contributed by atoms with Gasteiger partial charge in [0.15, 0.2) is 17.5 Å². The molecule has 0 amide bonds. The Labute approximate surface area is 300 Å². The third-order valence-corrected chi connectivity index (χ3v) is 12.2. The van der Waals surface area contributed by atoms with Crippen LogP contribution in [0.1, 0.15) is 48.8 Å². The van der Waals surface area contributed by atoms with Gasteiger partial charge in [-0.3, -0.25) is 0 Å². The summed E-state index contributed by atoms with van der Waals surface area (Å²) in [6.45, 7) is 0. The Bertz CT molecular complexity index is 2620. The van der Waals surface area contributed by atoms with Gasteiger partial charge < -0.3 is 0 Å². The molecule has 1 spiro atoms. The van der Waals surface area contributed by atoms with Crippen LogP contribution in [0.25, 0.3) is 76.6 Å². The van der Waals surface area contributed by atoms with E-state index in [4.69, 9.17) is 15.0 Å². The summed E-state index contributed by atoms with van der Waals surface area (Å²) in [5.41, 5.74) is 11.5. The van der Waals surface area contributed by atoms with Crippen molar-refractivity contribution in [3.05, 3.63) is 150 Å². The highest BCUT2D eigenvalue weighted by Gasteiger charge is 2.44. The van der Waals surface area contributed by atoms with Crippen molar-refractivity contribution in [1.82, 2.24) is 15.0 Å². The van der Waals surface area contributed by atoms with Crippen molar-refractivity contribution in [2.45, 2.75) is 37.5 Å². The Morgan fingerprint density at radius 2 is 1.22 bits per heavy atom. The highest BCUT2D eigenvalue weighted by atomic mass is 32.1. The van der Waals surface area contributed by atoms with Crippen LogP contribution in [0.3, 0.4) is 0 Å². The van der Waals surface area contributed by atoms with Crippen LogP contribution in [0.2, 0.25) is 0 Å². The fourth-order valence-electron chi connectivity index (χ4n) is 8.62. The molecule has 0 bridgehead atoms. The largest absolute Gasteiger partial charge is 0.208 e. The average molecular weight is 673 g/mol. The third-order valence-electron chi connectivity index (χ3n) is 11.0. The molecule has 0 atom stereocenters. The molecule has 0 saturated heterocycles. The summed E-state index contributed by atoms with van der Waals surface area (Å²) in [6, 6.07) is 49.4. The van der Waals surface area contributed by atoms with Crippen LogP contribution in [0.5, 0.6) is 0 Å². The molecule has 5 heteroatoms. The first-order valence-corrected chi connectivity index (χ1v) is 18.5. The maximum Gasteiger partial charge on any atom is 0.165 e. The van der Waals surface area contributed by atoms with Gasteiger partial charge in [0.25, 0.3) is 0 Å². The molecule has 2 aliphatic rings. The molecule has 0 aliphatic heterocycles. The number of rotatable bonds is 4. The first-order valence-electron chi connectivity index (χ1n) is 17.7. The smallest absolute Gasteiger partial charge is 0.165 e. The van der Waals surface area contributed by atoms with Crippen molar-refractivity contribution >= 4 is 31.5 Å². The highest BCUT2D eigenvalue weighted by molar-refractivity contribution is 7.26. The first-order chi connectivity index (χ1) is 25.2. The molecule has 2 heterocycles. The van der Waals surface area contributed by atoms with Gasteiger partial charge in [-0.15, -0.1) is 11.3 Å². The van der Waals surface area contributed by atoms with Gasteiger partial charge in [0.1, 0.15) is 0 Å². The van der Waals surface area contributed by atoms with Crippen LogP contribution in [0.15, 0.2) is 133 Å². The SMILES string of the molecule is N#Cc1ccc2c(c1)C1(CCCCC1)c1cccc(-c3ccc4sc5c(-c6nc(-c7ccccc7)nc(-c7ccccc7)n6)cccc5c4c3)c1-2. The summed E-state index contributed by atoms with van der Waals surface area (Å²) in [5, 5.41) is 12.3. The predicted octanol–water partition coefficient (Wildman–Crippen LogP) is 12.0. The molecule has 0 radical (unpaired) electrons. The summed E-state index contributed by atoms with van der Waals surface area (Å²) in [5.74, 6) is 2.00. The van der Waals surface area contributed by atoms with Gasteiger partial charge in [-0.05, 0) is 76.6 Å². The van der Waals surface area contributed by atoms with E-state index in [-0.39, 0.29) is 5.41 Å². The predicted molar refractivity (Wildman–Crippen MR) is 208 cm³/mol. The normalized spacial score (nSPS) is 14.4. The van der Waals surface area contributed by atoms with Gasteiger partial charge >= 0.3 is 0 Å². The topological polar surface area (TPSA) is 62.5 Å². The number of nitriles is 1. The molecular weight excluding hydrogens is 641 g/mol. The number of thiophene rings is 1. The molecule has 6 aromatic carbocycles. The number of hydrogen-bond acceptors (Lipinski definition) is 5. The second-order valence-electron chi connectivity index (χ2n) is 13.8. The molecule has 2 aliphatic carbocycles. The number of benzene rings is 6. The van der Waals surface area contributed by atoms with Gasteiger partial charge in [0, 0.05) is 42.3 Å². The number of fused-ring (bicyclic) bond motifs is 8. The summed E-state index contributed by atoms with van der Waals surface area (Å²) < 4.78 is 2.40. The van der Waals surface area contributed by atoms with Gasteiger partial charge in [-0.2, -0.15) is 5.26 Å². The van der Waals surface area contributed by atoms with Crippen LogP contribution >= 0.6 is 11.3 Å². The molecular formula is C46H32N4S. The third kappa shape index (κ3) is 4.75. The lowest BCUT2D eigenvalue weighted by Crippen LogP contribution is -2.28. The monoisotopic (exact) mass is 672 g/mol. The second kappa shape index (κ2) is 11.8. The quantitative estimate of drug-likeness (QED) is 0.187. The first kappa shape index (κ1) is 29.9. The number of nitrogens with zero attached hydrogens (tertiary/aromatic N) is 4. The molecule has 242 valence electrons. The van der Waals surface area contributed by atoms with Crippen LogP contribution in [-0.2, 0) is 5.41 Å². The molecule has 1 saturated carbocycles. The summed E-state index contributed by atoms with van der Waals surface area (Å²) >= 11 is 1.80. The van der Waals surface area contributed by atoms with E-state index in [0.29, 0.717) is 17.5 Å². The van der Waals surface area contributed by atoms with E-state index in [1.807, 2.05) is 66.7 Å². The molecule has 0 N–H and O–H groups in total. The lowest BCUT2D eigenvalue weighted by atomic mass is 9.67. The van der Waals surface area contributed by atoms with Crippen molar-refractivity contribution in [1.29, 1.82) is 5.26 Å². The maximum absolute atomic E-state index is 9.84. The van der Waals surface area contributed by atoms with E-state index < -0.39 is 0 Å². The van der Waals surface area contributed by atoms with E-state index >= 15 is 0 Å². The minimum atomic E-state index is -0.0123. The molecule has 4 nitrogen and oxygen atoms in total. The zero-order valence-electron chi connectivity index (χ0n) is 27.9. The van der Waals surface area contributed by atoms with Crippen molar-refractivity contribution in [2.75, 3.05) is 0 Å².